The maximum absolute atomic E-state index is 12.7. The Morgan fingerprint density at radius 3 is 2.08 bits per heavy atom. The van der Waals surface area contributed by atoms with Crippen LogP contribution in [-0.4, -0.2) is 29.1 Å². The summed E-state index contributed by atoms with van der Waals surface area (Å²) in [6.45, 7) is 3.12. The van der Waals surface area contributed by atoms with Crippen molar-refractivity contribution in [3.05, 3.63) is 0 Å². The van der Waals surface area contributed by atoms with Crippen molar-refractivity contribution in [1.82, 2.24) is 0 Å². The first-order valence-electron chi connectivity index (χ1n) is 3.82. The fraction of sp³-hybridized carbons (Fsp3) is 0.857. The molecule has 1 amide bonds. The summed E-state index contributed by atoms with van der Waals surface area (Å²) in [5.41, 5.74) is 9.65. The molecule has 0 aromatic heterocycles. The summed E-state index contributed by atoms with van der Waals surface area (Å²) in [5.74, 6) is -6.19. The van der Waals surface area contributed by atoms with Gasteiger partial charge in [-0.25, -0.2) is 0 Å². The van der Waals surface area contributed by atoms with Crippen LogP contribution >= 0.6 is 0 Å². The average Bonchev–Trinajstić information content (AvgIpc) is 2.01. The molecule has 0 bridgehead atoms. The van der Waals surface area contributed by atoms with Crippen LogP contribution in [0.3, 0.4) is 0 Å². The van der Waals surface area contributed by atoms with Gasteiger partial charge >= 0.3 is 5.92 Å². The molecule has 0 aliphatic heterocycles. The lowest BCUT2D eigenvalue weighted by Gasteiger charge is -2.27. The van der Waals surface area contributed by atoms with Crippen LogP contribution in [0.1, 0.15) is 13.8 Å². The second-order valence-corrected chi connectivity index (χ2v) is 3.25. The molecule has 0 aromatic carbocycles. The van der Waals surface area contributed by atoms with Gasteiger partial charge in [-0.05, 0) is 5.92 Å². The first kappa shape index (κ1) is 12.2. The van der Waals surface area contributed by atoms with Crippen LogP contribution in [0.25, 0.3) is 0 Å². The van der Waals surface area contributed by atoms with Gasteiger partial charge in [-0.3, -0.25) is 4.79 Å². The Kier molecular flexibility index (Phi) is 3.74. The fourth-order valence-electron chi connectivity index (χ4n) is 0.752. The summed E-state index contributed by atoms with van der Waals surface area (Å²) >= 11 is 0. The van der Waals surface area contributed by atoms with E-state index >= 15 is 0 Å². The maximum Gasteiger partial charge on any atom is 0.350 e. The number of carbonyl (C=O) groups is 1. The van der Waals surface area contributed by atoms with E-state index in [1.165, 1.54) is 0 Å². The normalized spacial score (nSPS) is 17.2. The van der Waals surface area contributed by atoms with Crippen molar-refractivity contribution in [3.8, 4) is 0 Å². The van der Waals surface area contributed by atoms with E-state index in [-0.39, 0.29) is 5.92 Å². The van der Waals surface area contributed by atoms with Gasteiger partial charge in [0.15, 0.2) is 0 Å². The number of nitrogens with two attached hydrogens (primary N) is 2. The monoisotopic (exact) mass is 196 g/mol. The molecule has 13 heavy (non-hydrogen) atoms. The Morgan fingerprint density at radius 2 is 1.85 bits per heavy atom. The van der Waals surface area contributed by atoms with Gasteiger partial charge < -0.3 is 16.6 Å². The van der Waals surface area contributed by atoms with Crippen LogP contribution in [-0.2, 0) is 4.79 Å². The molecule has 0 fully saturated rings. The third kappa shape index (κ3) is 2.60. The van der Waals surface area contributed by atoms with Gasteiger partial charge in [0, 0.05) is 6.04 Å². The Balaban J connectivity index is 4.58. The van der Waals surface area contributed by atoms with Gasteiger partial charge in [0.25, 0.3) is 5.91 Å². The molecule has 5 N–H and O–H groups in total. The molecule has 4 nitrogen and oxygen atoms in total. The summed E-state index contributed by atoms with van der Waals surface area (Å²) in [7, 11) is 0. The second-order valence-electron chi connectivity index (χ2n) is 3.25. The summed E-state index contributed by atoms with van der Waals surface area (Å²) in [6, 6.07) is -1.18. The van der Waals surface area contributed by atoms with E-state index in [4.69, 9.17) is 10.8 Å². The molecule has 0 spiro atoms. The molecule has 0 radical (unpaired) electrons. The number of carbonyl (C=O) groups excluding carboxylic acids is 1. The third-order valence-electron chi connectivity index (χ3n) is 1.83. The number of hydrogen-bond acceptors (Lipinski definition) is 3. The largest absolute Gasteiger partial charge is 0.385 e. The molecule has 0 saturated carbocycles. The SMILES string of the molecule is CC(C)[C@H](N)[C@@H](O)C(F)(F)C(N)=O. The van der Waals surface area contributed by atoms with Crippen molar-refractivity contribution < 1.29 is 18.7 Å². The minimum absolute atomic E-state index is 0.361. The van der Waals surface area contributed by atoms with E-state index < -0.39 is 24.0 Å². The van der Waals surface area contributed by atoms with E-state index in [0.29, 0.717) is 0 Å². The molecular weight excluding hydrogens is 182 g/mol. The zero-order valence-electron chi connectivity index (χ0n) is 7.50. The summed E-state index contributed by atoms with van der Waals surface area (Å²) < 4.78 is 25.5. The predicted molar refractivity (Wildman–Crippen MR) is 43.0 cm³/mol. The first-order chi connectivity index (χ1) is 5.71. The van der Waals surface area contributed by atoms with Crippen molar-refractivity contribution >= 4 is 5.91 Å². The minimum Gasteiger partial charge on any atom is -0.385 e. The second kappa shape index (κ2) is 3.97. The van der Waals surface area contributed by atoms with Crippen molar-refractivity contribution in [3.63, 3.8) is 0 Å². The predicted octanol–water partition coefficient (Wildman–Crippen LogP) is -0.549. The third-order valence-corrected chi connectivity index (χ3v) is 1.83. The summed E-state index contributed by atoms with van der Waals surface area (Å²) in [5, 5.41) is 9.01. The van der Waals surface area contributed by atoms with E-state index in [1.54, 1.807) is 13.8 Å². The number of aliphatic hydroxyl groups is 1. The van der Waals surface area contributed by atoms with Gasteiger partial charge in [0.2, 0.25) is 0 Å². The zero-order chi connectivity index (χ0) is 10.8. The number of primary amides is 1. The summed E-state index contributed by atoms with van der Waals surface area (Å²) in [6.07, 6.45) is -2.23. The standard InChI is InChI=1S/C7H14F2N2O2/c1-3(2)4(10)5(12)7(8,9)6(11)13/h3-5,12H,10H2,1-2H3,(H2,11,13)/t4-,5+/m0/s1. The Hall–Kier alpha value is -0.750. The van der Waals surface area contributed by atoms with Crippen molar-refractivity contribution in [2.45, 2.75) is 31.9 Å². The molecule has 0 rings (SSSR count). The van der Waals surface area contributed by atoms with Crippen LogP contribution in [0.4, 0.5) is 8.78 Å². The highest BCUT2D eigenvalue weighted by Gasteiger charge is 2.48. The smallest absolute Gasteiger partial charge is 0.350 e. The quantitative estimate of drug-likeness (QED) is 0.563. The van der Waals surface area contributed by atoms with Gasteiger partial charge in [0.1, 0.15) is 6.10 Å². The van der Waals surface area contributed by atoms with Crippen molar-refractivity contribution in [2.24, 2.45) is 17.4 Å². The Bertz CT molecular complexity index is 197. The molecule has 0 heterocycles. The number of alkyl halides is 2. The molecule has 0 unspecified atom stereocenters. The van der Waals surface area contributed by atoms with Crippen LogP contribution in [0.2, 0.25) is 0 Å². The lowest BCUT2D eigenvalue weighted by atomic mass is 9.95. The number of amides is 1. The highest BCUT2D eigenvalue weighted by Crippen LogP contribution is 2.22. The molecule has 0 saturated heterocycles. The van der Waals surface area contributed by atoms with Crippen molar-refractivity contribution in [2.75, 3.05) is 0 Å². The van der Waals surface area contributed by atoms with Gasteiger partial charge in [-0.1, -0.05) is 13.8 Å². The number of hydrogen-bond donors (Lipinski definition) is 3. The topological polar surface area (TPSA) is 89.3 Å². The van der Waals surface area contributed by atoms with E-state index in [9.17, 15) is 13.6 Å². The molecule has 2 atom stereocenters. The number of rotatable bonds is 4. The molecule has 0 aromatic rings. The number of halogens is 2. The summed E-state index contributed by atoms with van der Waals surface area (Å²) in [4.78, 5) is 10.2. The zero-order valence-corrected chi connectivity index (χ0v) is 7.50. The van der Waals surface area contributed by atoms with Gasteiger partial charge in [-0.2, -0.15) is 8.78 Å². The highest BCUT2D eigenvalue weighted by molar-refractivity contribution is 5.82. The van der Waals surface area contributed by atoms with Gasteiger partial charge in [0.05, 0.1) is 0 Å². The molecular formula is C7H14F2N2O2. The van der Waals surface area contributed by atoms with Crippen LogP contribution in [0.5, 0.6) is 0 Å². The van der Waals surface area contributed by atoms with E-state index in [2.05, 4.69) is 5.73 Å². The highest BCUT2D eigenvalue weighted by atomic mass is 19.3. The van der Waals surface area contributed by atoms with Crippen LogP contribution < -0.4 is 11.5 Å². The Morgan fingerprint density at radius 1 is 1.46 bits per heavy atom. The first-order valence-corrected chi connectivity index (χ1v) is 3.82. The molecule has 6 heteroatoms. The fourth-order valence-corrected chi connectivity index (χ4v) is 0.752. The Labute approximate surface area is 74.9 Å². The van der Waals surface area contributed by atoms with Gasteiger partial charge in [-0.15, -0.1) is 0 Å². The van der Waals surface area contributed by atoms with Crippen LogP contribution in [0, 0.1) is 5.92 Å². The maximum atomic E-state index is 12.7. The van der Waals surface area contributed by atoms with Crippen LogP contribution in [0.15, 0.2) is 0 Å². The lowest BCUT2D eigenvalue weighted by Crippen LogP contribution is -2.55. The average molecular weight is 196 g/mol. The van der Waals surface area contributed by atoms with E-state index in [0.717, 1.165) is 0 Å². The lowest BCUT2D eigenvalue weighted by molar-refractivity contribution is -0.163. The molecule has 78 valence electrons. The van der Waals surface area contributed by atoms with Crippen molar-refractivity contribution in [1.29, 1.82) is 0 Å². The molecule has 0 aliphatic carbocycles. The minimum atomic E-state index is -3.97. The number of aliphatic hydroxyl groups excluding tert-OH is 1. The molecule has 0 aliphatic rings. The van der Waals surface area contributed by atoms with E-state index in [1.807, 2.05) is 0 Å².